The minimum Gasteiger partial charge on any atom is -0.507 e. The van der Waals surface area contributed by atoms with E-state index in [0.717, 1.165) is 38.1 Å². The number of halogens is 1. The molecule has 102 valence electrons. The van der Waals surface area contributed by atoms with E-state index in [1.54, 1.807) is 0 Å². The number of morpholine rings is 1. The van der Waals surface area contributed by atoms with E-state index in [0.29, 0.717) is 0 Å². The summed E-state index contributed by atoms with van der Waals surface area (Å²) in [6.45, 7) is 1.67. The van der Waals surface area contributed by atoms with Gasteiger partial charge in [0, 0.05) is 13.1 Å². The molecule has 2 heterocycles. The summed E-state index contributed by atoms with van der Waals surface area (Å²) in [4.78, 5) is 14.1. The van der Waals surface area contributed by atoms with Crippen LogP contribution in [0.25, 0.3) is 0 Å². The molecule has 2 fully saturated rings. The topological polar surface area (TPSA) is 49.8 Å². The van der Waals surface area contributed by atoms with Gasteiger partial charge >= 0.3 is 0 Å². The number of Topliss-reactive ketones (excluding diaryl/α,β-unsaturated/α-hetero) is 1. The number of nitrogens with zero attached hydrogens (tertiary/aromatic N) is 1. The van der Waals surface area contributed by atoms with Gasteiger partial charge in [0.15, 0.2) is 5.78 Å². The number of rotatable bonds is 3. The molecule has 0 aliphatic carbocycles. The predicted molar refractivity (Wildman–Crippen MR) is 66.7 cm³/mol. The molecule has 2 aliphatic heterocycles. The Bertz CT molecular complexity index is 493. The minimum absolute atomic E-state index is 0.0545. The molecule has 2 atom stereocenters. The molecule has 2 bridgehead atoms. The number of ketones is 1. The number of carbonyl (C=O) groups excluding carboxylic acids is 1. The molecule has 19 heavy (non-hydrogen) atoms. The minimum atomic E-state index is -0.511. The molecule has 1 aromatic carbocycles. The Morgan fingerprint density at radius 2 is 2.05 bits per heavy atom. The number of hydrogen-bond donors (Lipinski definition) is 1. The zero-order valence-corrected chi connectivity index (χ0v) is 10.5. The first-order chi connectivity index (χ1) is 9.11. The Labute approximate surface area is 110 Å². The summed E-state index contributed by atoms with van der Waals surface area (Å²) in [6, 6.07) is 3.44. The van der Waals surface area contributed by atoms with Crippen LogP contribution in [0.2, 0.25) is 0 Å². The average Bonchev–Trinajstić information content (AvgIpc) is 2.71. The van der Waals surface area contributed by atoms with Crippen molar-refractivity contribution in [3.05, 3.63) is 29.6 Å². The Balaban J connectivity index is 1.69. The van der Waals surface area contributed by atoms with Crippen LogP contribution in [0.15, 0.2) is 18.2 Å². The highest BCUT2D eigenvalue weighted by Gasteiger charge is 2.34. The molecule has 0 saturated carbocycles. The van der Waals surface area contributed by atoms with Crippen molar-refractivity contribution in [1.29, 1.82) is 0 Å². The van der Waals surface area contributed by atoms with Crippen LogP contribution in [-0.2, 0) is 4.74 Å². The van der Waals surface area contributed by atoms with Gasteiger partial charge in [-0.2, -0.15) is 0 Å². The summed E-state index contributed by atoms with van der Waals surface area (Å²) in [5.41, 5.74) is 0.0545. The van der Waals surface area contributed by atoms with Crippen LogP contribution in [0.5, 0.6) is 5.75 Å². The lowest BCUT2D eigenvalue weighted by Crippen LogP contribution is -2.44. The Hall–Kier alpha value is -1.46. The molecule has 1 N–H and O–H groups in total. The van der Waals surface area contributed by atoms with E-state index in [-0.39, 0.29) is 35.8 Å². The fourth-order valence-electron chi connectivity index (χ4n) is 2.85. The van der Waals surface area contributed by atoms with Crippen LogP contribution in [0.1, 0.15) is 23.2 Å². The van der Waals surface area contributed by atoms with Crippen LogP contribution in [0.4, 0.5) is 4.39 Å². The zero-order valence-electron chi connectivity index (χ0n) is 10.5. The number of fused-ring (bicyclic) bond motifs is 2. The number of likely N-dealkylation sites (tertiary alicyclic amines) is 1. The summed E-state index contributed by atoms with van der Waals surface area (Å²) < 4.78 is 18.8. The van der Waals surface area contributed by atoms with E-state index in [2.05, 4.69) is 0 Å². The molecule has 3 rings (SSSR count). The summed E-state index contributed by atoms with van der Waals surface area (Å²) in [6.07, 6.45) is 2.52. The van der Waals surface area contributed by atoms with Crippen LogP contribution >= 0.6 is 0 Å². The van der Waals surface area contributed by atoms with Crippen LogP contribution < -0.4 is 0 Å². The van der Waals surface area contributed by atoms with E-state index in [1.807, 2.05) is 4.90 Å². The van der Waals surface area contributed by atoms with Crippen molar-refractivity contribution >= 4 is 5.78 Å². The summed E-state index contributed by atoms with van der Waals surface area (Å²) in [5, 5.41) is 9.62. The van der Waals surface area contributed by atoms with Crippen molar-refractivity contribution in [2.45, 2.75) is 25.0 Å². The zero-order chi connectivity index (χ0) is 13.4. The van der Waals surface area contributed by atoms with Crippen LogP contribution in [0.3, 0.4) is 0 Å². The second-order valence-corrected chi connectivity index (χ2v) is 5.24. The highest BCUT2D eigenvalue weighted by atomic mass is 19.1. The maximum absolute atomic E-state index is 13.1. The number of benzene rings is 1. The monoisotopic (exact) mass is 265 g/mol. The van der Waals surface area contributed by atoms with Gasteiger partial charge < -0.3 is 9.84 Å². The first kappa shape index (κ1) is 12.6. The highest BCUT2D eigenvalue weighted by Crippen LogP contribution is 2.27. The van der Waals surface area contributed by atoms with Crippen molar-refractivity contribution < 1.29 is 19.0 Å². The lowest BCUT2D eigenvalue weighted by molar-refractivity contribution is -0.0355. The van der Waals surface area contributed by atoms with Gasteiger partial charge in [0.1, 0.15) is 11.6 Å². The largest absolute Gasteiger partial charge is 0.507 e. The Kier molecular flexibility index (Phi) is 3.24. The molecule has 2 aliphatic rings. The second kappa shape index (κ2) is 4.90. The van der Waals surface area contributed by atoms with E-state index in [9.17, 15) is 14.3 Å². The van der Waals surface area contributed by atoms with Gasteiger partial charge in [-0.15, -0.1) is 0 Å². The van der Waals surface area contributed by atoms with Gasteiger partial charge in [-0.05, 0) is 31.0 Å². The van der Waals surface area contributed by atoms with Crippen molar-refractivity contribution in [2.24, 2.45) is 0 Å². The highest BCUT2D eigenvalue weighted by molar-refractivity contribution is 6.00. The first-order valence-electron chi connectivity index (χ1n) is 6.51. The molecule has 4 nitrogen and oxygen atoms in total. The van der Waals surface area contributed by atoms with Gasteiger partial charge in [-0.3, -0.25) is 9.69 Å². The quantitative estimate of drug-likeness (QED) is 0.843. The molecule has 2 unspecified atom stereocenters. The van der Waals surface area contributed by atoms with Crippen LogP contribution in [0, 0.1) is 5.82 Å². The third kappa shape index (κ3) is 2.62. The fourth-order valence-corrected chi connectivity index (χ4v) is 2.85. The van der Waals surface area contributed by atoms with Crippen molar-refractivity contribution in [3.63, 3.8) is 0 Å². The Morgan fingerprint density at radius 1 is 1.37 bits per heavy atom. The molecule has 0 radical (unpaired) electrons. The number of phenolic OH excluding ortho intramolecular Hbond substituents is 1. The molecule has 2 saturated heterocycles. The molecular formula is C14H16FNO3. The molecule has 0 aromatic heterocycles. The fraction of sp³-hybridized carbons (Fsp3) is 0.500. The van der Waals surface area contributed by atoms with E-state index in [4.69, 9.17) is 4.74 Å². The summed E-state index contributed by atoms with van der Waals surface area (Å²) >= 11 is 0. The summed E-state index contributed by atoms with van der Waals surface area (Å²) in [5.74, 6) is -0.927. The van der Waals surface area contributed by atoms with E-state index >= 15 is 0 Å². The van der Waals surface area contributed by atoms with Gasteiger partial charge in [-0.25, -0.2) is 4.39 Å². The smallest absolute Gasteiger partial charge is 0.180 e. The number of phenols is 1. The average molecular weight is 265 g/mol. The normalized spacial score (nSPS) is 26.6. The number of hydrogen-bond acceptors (Lipinski definition) is 4. The lowest BCUT2D eigenvalue weighted by atomic mass is 10.1. The maximum Gasteiger partial charge on any atom is 0.180 e. The third-order valence-corrected chi connectivity index (χ3v) is 3.75. The van der Waals surface area contributed by atoms with Crippen LogP contribution in [-0.4, -0.2) is 47.6 Å². The molecule has 0 spiro atoms. The van der Waals surface area contributed by atoms with Crippen molar-refractivity contribution in [2.75, 3.05) is 19.6 Å². The number of aromatic hydroxyl groups is 1. The van der Waals surface area contributed by atoms with Crippen molar-refractivity contribution in [1.82, 2.24) is 4.90 Å². The second-order valence-electron chi connectivity index (χ2n) is 5.24. The van der Waals surface area contributed by atoms with E-state index in [1.165, 1.54) is 6.07 Å². The van der Waals surface area contributed by atoms with Gasteiger partial charge in [0.05, 0.1) is 24.3 Å². The van der Waals surface area contributed by atoms with Gasteiger partial charge in [0.25, 0.3) is 0 Å². The Morgan fingerprint density at radius 3 is 2.74 bits per heavy atom. The van der Waals surface area contributed by atoms with Crippen molar-refractivity contribution in [3.8, 4) is 5.75 Å². The van der Waals surface area contributed by atoms with Gasteiger partial charge in [0.2, 0.25) is 0 Å². The standard InChI is InChI=1S/C14H16FNO3/c15-9-1-4-13(17)12(5-9)14(18)8-16-6-10-2-3-11(7-16)19-10/h1,4-5,10-11,17H,2-3,6-8H2. The maximum atomic E-state index is 13.1. The number of carbonyl (C=O) groups is 1. The first-order valence-corrected chi connectivity index (χ1v) is 6.51. The van der Waals surface area contributed by atoms with Gasteiger partial charge in [-0.1, -0.05) is 0 Å². The lowest BCUT2D eigenvalue weighted by Gasteiger charge is -2.31. The number of ether oxygens (including phenoxy) is 1. The predicted octanol–water partition coefficient (Wildman–Crippen LogP) is 1.58. The SMILES string of the molecule is O=C(CN1CC2CCC(C1)O2)c1cc(F)ccc1O. The molecule has 0 amide bonds. The third-order valence-electron chi connectivity index (χ3n) is 3.75. The summed E-state index contributed by atoms with van der Waals surface area (Å²) in [7, 11) is 0. The molecule has 1 aromatic rings. The molecule has 5 heteroatoms. The molecular weight excluding hydrogens is 249 g/mol. The van der Waals surface area contributed by atoms with E-state index < -0.39 is 5.82 Å².